The van der Waals surface area contributed by atoms with E-state index in [0.29, 0.717) is 31.9 Å². The fourth-order valence-electron chi connectivity index (χ4n) is 2.60. The molecule has 1 saturated heterocycles. The van der Waals surface area contributed by atoms with E-state index < -0.39 is 17.5 Å². The van der Waals surface area contributed by atoms with E-state index in [2.05, 4.69) is 20.9 Å². The molecule has 2 N–H and O–H groups in total. The Kier molecular flexibility index (Phi) is 4.98. The number of hydrogen-bond acceptors (Lipinski definition) is 6. The molecule has 3 rings (SSSR count). The Morgan fingerprint density at radius 3 is 2.60 bits per heavy atom. The van der Waals surface area contributed by atoms with Gasteiger partial charge < -0.3 is 15.5 Å². The van der Waals surface area contributed by atoms with Crippen molar-refractivity contribution in [2.24, 2.45) is 0 Å². The molecule has 25 heavy (non-hydrogen) atoms. The molecule has 0 aliphatic carbocycles. The van der Waals surface area contributed by atoms with Crippen LogP contribution in [0.3, 0.4) is 0 Å². The van der Waals surface area contributed by atoms with Crippen LogP contribution in [0.15, 0.2) is 18.3 Å². The number of anilines is 1. The number of piperazine rings is 1. The van der Waals surface area contributed by atoms with Crippen molar-refractivity contribution in [1.29, 1.82) is 0 Å². The van der Waals surface area contributed by atoms with Gasteiger partial charge in [0.15, 0.2) is 11.6 Å². The van der Waals surface area contributed by atoms with Gasteiger partial charge in [-0.15, -0.1) is 5.10 Å². The number of nitrogens with one attached hydrogen (secondary N) is 2. The summed E-state index contributed by atoms with van der Waals surface area (Å²) in [7, 11) is 0. The van der Waals surface area contributed by atoms with Crippen molar-refractivity contribution in [1.82, 2.24) is 25.6 Å². The zero-order chi connectivity index (χ0) is 17.8. The zero-order valence-corrected chi connectivity index (χ0v) is 13.2. The number of rotatable bonds is 5. The van der Waals surface area contributed by atoms with Crippen molar-refractivity contribution in [3.8, 4) is 5.69 Å². The molecule has 0 unspecified atom stereocenters. The molecule has 1 amide bonds. The number of carbonyl (C=O) groups is 2. The van der Waals surface area contributed by atoms with Gasteiger partial charge in [0.05, 0.1) is 18.4 Å². The van der Waals surface area contributed by atoms with E-state index in [4.69, 9.17) is 0 Å². The van der Waals surface area contributed by atoms with Crippen molar-refractivity contribution >= 4 is 17.9 Å². The average Bonchev–Trinajstić information content (AvgIpc) is 3.09. The number of halogens is 2. The summed E-state index contributed by atoms with van der Waals surface area (Å²) in [6, 6.07) is 2.37. The third-order valence-corrected chi connectivity index (χ3v) is 3.79. The smallest absolute Gasteiger partial charge is 0.284 e. The van der Waals surface area contributed by atoms with Gasteiger partial charge in [0.2, 0.25) is 6.29 Å². The summed E-state index contributed by atoms with van der Waals surface area (Å²) in [5, 5.41) is 13.0. The molecular formula is C15H16F2N6O2. The van der Waals surface area contributed by atoms with E-state index in [1.54, 1.807) is 4.90 Å². The molecule has 0 radical (unpaired) electrons. The summed E-state index contributed by atoms with van der Waals surface area (Å²) in [5.41, 5.74) is 0.473. The van der Waals surface area contributed by atoms with Crippen LogP contribution in [-0.4, -0.2) is 53.4 Å². The zero-order valence-electron chi connectivity index (χ0n) is 13.2. The van der Waals surface area contributed by atoms with Crippen LogP contribution in [0.4, 0.5) is 14.5 Å². The third-order valence-electron chi connectivity index (χ3n) is 3.79. The van der Waals surface area contributed by atoms with E-state index in [1.807, 2.05) is 0 Å². The summed E-state index contributed by atoms with van der Waals surface area (Å²) >= 11 is 0. The standard InChI is InChI=1S/C15H16F2N6O2/c16-12-5-11(6-13(17)15(12)22-3-1-18-2-4-22)23-8-10(20-21-23)7-19-14(25)9-24/h5-6,8-9,18H,1-4,7H2,(H,19,25). The maximum absolute atomic E-state index is 14.4. The molecule has 0 bridgehead atoms. The van der Waals surface area contributed by atoms with Gasteiger partial charge in [0.25, 0.3) is 5.91 Å². The summed E-state index contributed by atoms with van der Waals surface area (Å²) < 4.78 is 30.1. The molecule has 1 fully saturated rings. The van der Waals surface area contributed by atoms with Crippen LogP contribution in [0.1, 0.15) is 5.69 Å². The van der Waals surface area contributed by atoms with E-state index in [9.17, 15) is 18.4 Å². The highest BCUT2D eigenvalue weighted by molar-refractivity contribution is 6.23. The number of aromatic nitrogens is 3. The van der Waals surface area contributed by atoms with Gasteiger partial charge in [-0.05, 0) is 0 Å². The van der Waals surface area contributed by atoms with E-state index >= 15 is 0 Å². The summed E-state index contributed by atoms with van der Waals surface area (Å²) in [4.78, 5) is 22.8. The largest absolute Gasteiger partial charge is 0.364 e. The van der Waals surface area contributed by atoms with Crippen LogP contribution in [0, 0.1) is 11.6 Å². The lowest BCUT2D eigenvalue weighted by atomic mass is 10.2. The van der Waals surface area contributed by atoms with Crippen LogP contribution in [0.25, 0.3) is 5.69 Å². The van der Waals surface area contributed by atoms with Gasteiger partial charge in [-0.25, -0.2) is 13.5 Å². The van der Waals surface area contributed by atoms with Crippen LogP contribution >= 0.6 is 0 Å². The number of benzene rings is 1. The van der Waals surface area contributed by atoms with Crippen molar-refractivity contribution in [2.45, 2.75) is 6.54 Å². The van der Waals surface area contributed by atoms with Crippen LogP contribution in [0.2, 0.25) is 0 Å². The van der Waals surface area contributed by atoms with Crippen LogP contribution in [-0.2, 0) is 16.1 Å². The molecule has 0 saturated carbocycles. The Hall–Kier alpha value is -2.88. The van der Waals surface area contributed by atoms with Gasteiger partial charge in [0.1, 0.15) is 11.4 Å². The molecule has 10 heteroatoms. The fraction of sp³-hybridized carbons (Fsp3) is 0.333. The molecule has 1 aliphatic rings. The lowest BCUT2D eigenvalue weighted by Crippen LogP contribution is -2.44. The Labute approximate surface area is 141 Å². The number of aldehydes is 1. The molecule has 2 heterocycles. The third kappa shape index (κ3) is 3.79. The van der Waals surface area contributed by atoms with Gasteiger partial charge in [-0.2, -0.15) is 0 Å². The van der Waals surface area contributed by atoms with Crippen molar-refractivity contribution in [3.05, 3.63) is 35.7 Å². The van der Waals surface area contributed by atoms with Gasteiger partial charge in [0, 0.05) is 38.3 Å². The Bertz CT molecular complexity index is 765. The number of amides is 1. The molecule has 8 nitrogen and oxygen atoms in total. The predicted octanol–water partition coefficient (Wildman–Crippen LogP) is -0.230. The normalized spacial score (nSPS) is 14.4. The molecule has 0 spiro atoms. The van der Waals surface area contributed by atoms with Crippen molar-refractivity contribution in [3.63, 3.8) is 0 Å². The molecular weight excluding hydrogens is 334 g/mol. The van der Waals surface area contributed by atoms with E-state index in [-0.39, 0.29) is 24.2 Å². The minimum Gasteiger partial charge on any atom is -0.364 e. The highest BCUT2D eigenvalue weighted by Crippen LogP contribution is 2.26. The topological polar surface area (TPSA) is 92.2 Å². The first-order valence-electron chi connectivity index (χ1n) is 7.68. The quantitative estimate of drug-likeness (QED) is 0.572. The number of carbonyl (C=O) groups excluding carboxylic acids is 2. The first-order chi connectivity index (χ1) is 12.1. The van der Waals surface area contributed by atoms with Gasteiger partial charge in [-0.1, -0.05) is 5.21 Å². The summed E-state index contributed by atoms with van der Waals surface area (Å²) in [6.45, 7) is 2.37. The second-order valence-electron chi connectivity index (χ2n) is 5.49. The van der Waals surface area contributed by atoms with Crippen LogP contribution < -0.4 is 15.5 Å². The molecule has 132 valence electrons. The Morgan fingerprint density at radius 2 is 1.96 bits per heavy atom. The van der Waals surface area contributed by atoms with Gasteiger partial charge in [-0.3, -0.25) is 9.59 Å². The summed E-state index contributed by atoms with van der Waals surface area (Å²) in [6.07, 6.45) is 1.56. The SMILES string of the molecule is O=CC(=O)NCc1cn(-c2cc(F)c(N3CCNCC3)c(F)c2)nn1. The lowest BCUT2D eigenvalue weighted by Gasteiger charge is -2.30. The first kappa shape index (κ1) is 17.0. The van der Waals surface area contributed by atoms with E-state index in [1.165, 1.54) is 23.0 Å². The maximum Gasteiger partial charge on any atom is 0.284 e. The average molecular weight is 350 g/mol. The fourth-order valence-corrected chi connectivity index (χ4v) is 2.60. The van der Waals surface area contributed by atoms with Crippen molar-refractivity contribution in [2.75, 3.05) is 31.1 Å². The Balaban J connectivity index is 1.80. The monoisotopic (exact) mass is 350 g/mol. The lowest BCUT2D eigenvalue weighted by molar-refractivity contribution is -0.131. The number of hydrogen-bond donors (Lipinski definition) is 2. The summed E-state index contributed by atoms with van der Waals surface area (Å²) in [5.74, 6) is -2.14. The minimum absolute atomic E-state index is 0.0125. The molecule has 0 atom stereocenters. The first-order valence-corrected chi connectivity index (χ1v) is 7.68. The molecule has 1 aromatic heterocycles. The molecule has 2 aromatic rings. The predicted molar refractivity (Wildman–Crippen MR) is 84.3 cm³/mol. The van der Waals surface area contributed by atoms with Gasteiger partial charge >= 0.3 is 0 Å². The molecule has 1 aromatic carbocycles. The molecule has 1 aliphatic heterocycles. The maximum atomic E-state index is 14.4. The minimum atomic E-state index is -0.785. The highest BCUT2D eigenvalue weighted by Gasteiger charge is 2.20. The second-order valence-corrected chi connectivity index (χ2v) is 5.49. The van der Waals surface area contributed by atoms with E-state index in [0.717, 1.165) is 0 Å². The van der Waals surface area contributed by atoms with Crippen molar-refractivity contribution < 1.29 is 18.4 Å². The Morgan fingerprint density at radius 1 is 1.28 bits per heavy atom. The van der Waals surface area contributed by atoms with Crippen LogP contribution in [0.5, 0.6) is 0 Å². The highest BCUT2D eigenvalue weighted by atomic mass is 19.1. The second kappa shape index (κ2) is 7.34. The number of nitrogens with zero attached hydrogens (tertiary/aromatic N) is 4.